The molecule has 2 aromatic rings. The lowest BCUT2D eigenvalue weighted by molar-refractivity contribution is 0.340. The molecule has 0 bridgehead atoms. The molecule has 0 fully saturated rings. The zero-order valence-electron chi connectivity index (χ0n) is 10.1. The molecular formula is C12H12BrNO3S2. The van der Waals surface area contributed by atoms with Crippen molar-refractivity contribution in [3.8, 4) is 5.75 Å². The molecule has 0 aliphatic heterocycles. The third kappa shape index (κ3) is 3.71. The quantitative estimate of drug-likeness (QED) is 0.882. The van der Waals surface area contributed by atoms with Crippen molar-refractivity contribution < 1.29 is 13.2 Å². The van der Waals surface area contributed by atoms with E-state index in [1.807, 2.05) is 6.92 Å². The van der Waals surface area contributed by atoms with Crippen LogP contribution in [-0.4, -0.2) is 15.0 Å². The minimum atomic E-state index is -3.52. The standard InChI is InChI=1S/C12H12BrNO3S2/c1-2-17-10-5-3-9(4-6-10)14-19(15,16)12-8-7-11(13)18-12/h3-8,14H,2H2,1H3. The van der Waals surface area contributed by atoms with Crippen LogP contribution in [0.4, 0.5) is 5.69 Å². The number of hydrogen-bond donors (Lipinski definition) is 1. The maximum Gasteiger partial charge on any atom is 0.271 e. The Morgan fingerprint density at radius 2 is 1.89 bits per heavy atom. The van der Waals surface area contributed by atoms with E-state index in [9.17, 15) is 8.42 Å². The summed E-state index contributed by atoms with van der Waals surface area (Å²) in [7, 11) is -3.52. The molecule has 0 unspecified atom stereocenters. The van der Waals surface area contributed by atoms with Gasteiger partial charge in [-0.1, -0.05) is 0 Å². The molecule has 1 N–H and O–H groups in total. The van der Waals surface area contributed by atoms with Crippen LogP contribution >= 0.6 is 27.3 Å². The summed E-state index contributed by atoms with van der Waals surface area (Å²) in [5, 5.41) is 0. The fourth-order valence-electron chi connectivity index (χ4n) is 1.43. The molecule has 0 aliphatic carbocycles. The predicted molar refractivity (Wildman–Crippen MR) is 80.4 cm³/mol. The average molecular weight is 362 g/mol. The Balaban J connectivity index is 2.16. The highest BCUT2D eigenvalue weighted by atomic mass is 79.9. The summed E-state index contributed by atoms with van der Waals surface area (Å²) in [6.45, 7) is 2.47. The van der Waals surface area contributed by atoms with E-state index in [1.165, 1.54) is 11.3 Å². The SMILES string of the molecule is CCOc1ccc(NS(=O)(=O)c2ccc(Br)s2)cc1. The highest BCUT2D eigenvalue weighted by Crippen LogP contribution is 2.28. The molecule has 0 amide bonds. The Morgan fingerprint density at radius 1 is 1.21 bits per heavy atom. The molecule has 4 nitrogen and oxygen atoms in total. The first-order valence-corrected chi connectivity index (χ1v) is 8.61. The number of sulfonamides is 1. The number of hydrogen-bond acceptors (Lipinski definition) is 4. The van der Waals surface area contributed by atoms with Gasteiger partial charge in [0.2, 0.25) is 0 Å². The van der Waals surface area contributed by atoms with E-state index in [2.05, 4.69) is 20.7 Å². The smallest absolute Gasteiger partial charge is 0.271 e. The summed E-state index contributed by atoms with van der Waals surface area (Å²) >= 11 is 4.41. The van der Waals surface area contributed by atoms with Crippen LogP contribution in [0.3, 0.4) is 0 Å². The van der Waals surface area contributed by atoms with Crippen LogP contribution in [0.5, 0.6) is 5.75 Å². The summed E-state index contributed by atoms with van der Waals surface area (Å²) in [6.07, 6.45) is 0. The monoisotopic (exact) mass is 361 g/mol. The molecule has 102 valence electrons. The minimum Gasteiger partial charge on any atom is -0.494 e. The fraction of sp³-hybridized carbons (Fsp3) is 0.167. The van der Waals surface area contributed by atoms with Gasteiger partial charge in [-0.3, -0.25) is 4.72 Å². The van der Waals surface area contributed by atoms with Gasteiger partial charge in [0.15, 0.2) is 0 Å². The summed E-state index contributed by atoms with van der Waals surface area (Å²) < 4.78 is 33.0. The normalized spacial score (nSPS) is 11.3. The molecule has 2 rings (SSSR count). The second-order valence-corrected chi connectivity index (χ2v) is 7.99. The Hall–Kier alpha value is -1.05. The van der Waals surface area contributed by atoms with Gasteiger partial charge in [0.1, 0.15) is 9.96 Å². The van der Waals surface area contributed by atoms with Crippen molar-refractivity contribution in [2.75, 3.05) is 11.3 Å². The molecule has 7 heteroatoms. The lowest BCUT2D eigenvalue weighted by atomic mass is 10.3. The van der Waals surface area contributed by atoms with Crippen molar-refractivity contribution in [2.24, 2.45) is 0 Å². The fourth-order valence-corrected chi connectivity index (χ4v) is 4.50. The van der Waals surface area contributed by atoms with Crippen molar-refractivity contribution in [3.63, 3.8) is 0 Å². The number of nitrogens with one attached hydrogen (secondary N) is 1. The van der Waals surface area contributed by atoms with Crippen molar-refractivity contribution in [1.29, 1.82) is 0 Å². The third-order valence-electron chi connectivity index (χ3n) is 2.23. The van der Waals surface area contributed by atoms with Gasteiger partial charge < -0.3 is 4.74 Å². The largest absolute Gasteiger partial charge is 0.494 e. The lowest BCUT2D eigenvalue weighted by Crippen LogP contribution is -2.11. The van der Waals surface area contributed by atoms with Crippen LogP contribution < -0.4 is 9.46 Å². The highest BCUT2D eigenvalue weighted by molar-refractivity contribution is 9.11. The average Bonchev–Trinajstić information content (AvgIpc) is 2.79. The molecule has 0 atom stereocenters. The van der Waals surface area contributed by atoms with Gasteiger partial charge in [0.05, 0.1) is 10.4 Å². The molecule has 0 spiro atoms. The second kappa shape index (κ2) is 5.94. The van der Waals surface area contributed by atoms with Crippen molar-refractivity contribution >= 4 is 43.0 Å². The van der Waals surface area contributed by atoms with Gasteiger partial charge in [-0.05, 0) is 59.3 Å². The van der Waals surface area contributed by atoms with Gasteiger partial charge in [-0.2, -0.15) is 0 Å². The first-order valence-electron chi connectivity index (χ1n) is 5.52. The van der Waals surface area contributed by atoms with Crippen LogP contribution in [-0.2, 0) is 10.0 Å². The van der Waals surface area contributed by atoms with Gasteiger partial charge in [0.25, 0.3) is 10.0 Å². The number of ether oxygens (including phenoxy) is 1. The Labute approximate surface area is 124 Å². The number of halogens is 1. The van der Waals surface area contributed by atoms with Gasteiger partial charge in [0, 0.05) is 5.69 Å². The second-order valence-electron chi connectivity index (χ2n) is 3.62. The maximum absolute atomic E-state index is 12.1. The number of rotatable bonds is 5. The number of anilines is 1. The van der Waals surface area contributed by atoms with E-state index < -0.39 is 10.0 Å². The zero-order valence-corrected chi connectivity index (χ0v) is 13.3. The molecule has 19 heavy (non-hydrogen) atoms. The molecule has 1 heterocycles. The predicted octanol–water partition coefficient (Wildman–Crippen LogP) is 3.71. The van der Waals surface area contributed by atoms with Crippen molar-refractivity contribution in [3.05, 3.63) is 40.2 Å². The van der Waals surface area contributed by atoms with Crippen LogP contribution in [0.25, 0.3) is 0 Å². The summed E-state index contributed by atoms with van der Waals surface area (Å²) in [4.78, 5) is 0. The Kier molecular flexibility index (Phi) is 4.49. The lowest BCUT2D eigenvalue weighted by Gasteiger charge is -2.07. The number of benzene rings is 1. The molecule has 0 aliphatic rings. The molecule has 1 aromatic heterocycles. The first-order chi connectivity index (χ1) is 9.01. The zero-order chi connectivity index (χ0) is 13.9. The minimum absolute atomic E-state index is 0.272. The van der Waals surface area contributed by atoms with E-state index >= 15 is 0 Å². The van der Waals surface area contributed by atoms with Crippen LogP contribution in [0.2, 0.25) is 0 Å². The van der Waals surface area contributed by atoms with E-state index in [4.69, 9.17) is 4.74 Å². The van der Waals surface area contributed by atoms with E-state index in [-0.39, 0.29) is 4.21 Å². The number of thiophene rings is 1. The Morgan fingerprint density at radius 3 is 2.42 bits per heavy atom. The molecule has 1 aromatic carbocycles. The van der Waals surface area contributed by atoms with Crippen LogP contribution in [0, 0.1) is 0 Å². The molecule has 0 saturated carbocycles. The molecule has 0 saturated heterocycles. The third-order valence-corrected chi connectivity index (χ3v) is 5.73. The summed E-state index contributed by atoms with van der Waals surface area (Å²) in [5.74, 6) is 0.712. The maximum atomic E-state index is 12.1. The van der Waals surface area contributed by atoms with Crippen molar-refractivity contribution in [1.82, 2.24) is 0 Å². The van der Waals surface area contributed by atoms with Gasteiger partial charge in [-0.15, -0.1) is 11.3 Å². The van der Waals surface area contributed by atoms with Gasteiger partial charge in [-0.25, -0.2) is 8.42 Å². The van der Waals surface area contributed by atoms with Gasteiger partial charge >= 0.3 is 0 Å². The molecule has 0 radical (unpaired) electrons. The van der Waals surface area contributed by atoms with E-state index in [1.54, 1.807) is 36.4 Å². The topological polar surface area (TPSA) is 55.4 Å². The first kappa shape index (κ1) is 14.4. The summed E-state index contributed by atoms with van der Waals surface area (Å²) in [5.41, 5.74) is 0.507. The van der Waals surface area contributed by atoms with E-state index in [0.717, 1.165) is 3.79 Å². The van der Waals surface area contributed by atoms with Crippen LogP contribution in [0.15, 0.2) is 44.4 Å². The van der Waals surface area contributed by atoms with E-state index in [0.29, 0.717) is 18.0 Å². The van der Waals surface area contributed by atoms with Crippen LogP contribution in [0.1, 0.15) is 6.92 Å². The highest BCUT2D eigenvalue weighted by Gasteiger charge is 2.16. The summed E-state index contributed by atoms with van der Waals surface area (Å²) in [6, 6.07) is 10.1. The molecular weight excluding hydrogens is 350 g/mol. The Bertz CT molecular complexity index is 650. The van der Waals surface area contributed by atoms with Crippen molar-refractivity contribution in [2.45, 2.75) is 11.1 Å².